The monoisotopic (exact) mass is 378 g/mol. The van der Waals surface area contributed by atoms with E-state index in [2.05, 4.69) is 30.3 Å². The van der Waals surface area contributed by atoms with Crippen LogP contribution < -0.4 is 4.74 Å². The standard InChI is InChI=1S/C17H15IO2/c18-20-17-8-4-7-14-11-15(9-10-16(14)17)19-12-13-5-2-1-3-6-13/h1-3,5-6,8-11H,4,7,12H2. The Balaban J connectivity index is 1.75. The van der Waals surface area contributed by atoms with Gasteiger partial charge in [-0.3, -0.25) is 0 Å². The Bertz CT molecular complexity index is 620. The molecule has 0 radical (unpaired) electrons. The Hall–Kier alpha value is -1.49. The van der Waals surface area contributed by atoms with E-state index in [1.165, 1.54) is 16.7 Å². The summed E-state index contributed by atoms with van der Waals surface area (Å²) in [4.78, 5) is 0. The molecular weight excluding hydrogens is 363 g/mol. The molecule has 2 nitrogen and oxygen atoms in total. The van der Waals surface area contributed by atoms with Crippen molar-refractivity contribution in [3.8, 4) is 5.75 Å². The summed E-state index contributed by atoms with van der Waals surface area (Å²) in [6.07, 6.45) is 4.20. The van der Waals surface area contributed by atoms with Crippen LogP contribution in [0.2, 0.25) is 0 Å². The van der Waals surface area contributed by atoms with Gasteiger partial charge in [-0.2, -0.15) is 0 Å². The van der Waals surface area contributed by atoms with Crippen molar-refractivity contribution in [3.63, 3.8) is 0 Å². The van der Waals surface area contributed by atoms with E-state index in [4.69, 9.17) is 7.80 Å². The molecule has 3 heteroatoms. The molecule has 0 aromatic heterocycles. The number of hydrogen-bond donors (Lipinski definition) is 0. The van der Waals surface area contributed by atoms with Crippen molar-refractivity contribution in [2.75, 3.05) is 0 Å². The van der Waals surface area contributed by atoms with Gasteiger partial charge in [-0.05, 0) is 48.2 Å². The molecule has 0 amide bonds. The fourth-order valence-corrected chi connectivity index (χ4v) is 2.81. The molecular formula is C17H15IO2. The summed E-state index contributed by atoms with van der Waals surface area (Å²) in [7, 11) is 0. The molecule has 0 bridgehead atoms. The van der Waals surface area contributed by atoms with E-state index in [9.17, 15) is 0 Å². The average Bonchev–Trinajstić information content (AvgIpc) is 2.53. The maximum absolute atomic E-state index is 5.86. The molecule has 20 heavy (non-hydrogen) atoms. The Morgan fingerprint density at radius 3 is 2.70 bits per heavy atom. The smallest absolute Gasteiger partial charge is 0.192 e. The van der Waals surface area contributed by atoms with Crippen LogP contribution >= 0.6 is 23.0 Å². The van der Waals surface area contributed by atoms with Gasteiger partial charge in [0.1, 0.15) is 18.1 Å². The van der Waals surface area contributed by atoms with Gasteiger partial charge < -0.3 is 7.80 Å². The third-order valence-electron chi connectivity index (χ3n) is 3.42. The molecule has 102 valence electrons. The number of hydrogen-bond acceptors (Lipinski definition) is 2. The highest BCUT2D eigenvalue weighted by atomic mass is 127. The van der Waals surface area contributed by atoms with Gasteiger partial charge >= 0.3 is 0 Å². The second kappa shape index (κ2) is 6.31. The molecule has 0 N–H and O–H groups in total. The third kappa shape index (κ3) is 2.98. The molecule has 2 aromatic carbocycles. The van der Waals surface area contributed by atoms with Crippen LogP contribution in [0.1, 0.15) is 23.1 Å². The van der Waals surface area contributed by atoms with Crippen molar-refractivity contribution < 1.29 is 7.80 Å². The molecule has 1 aliphatic rings. The molecule has 0 spiro atoms. The lowest BCUT2D eigenvalue weighted by Gasteiger charge is -2.17. The van der Waals surface area contributed by atoms with E-state index in [-0.39, 0.29) is 0 Å². The summed E-state index contributed by atoms with van der Waals surface area (Å²) in [5, 5.41) is 0. The maximum Gasteiger partial charge on any atom is 0.192 e. The van der Waals surface area contributed by atoms with Gasteiger partial charge in [0.05, 0.1) is 0 Å². The minimum Gasteiger partial charge on any atom is -0.489 e. The van der Waals surface area contributed by atoms with Crippen LogP contribution in [0.5, 0.6) is 5.75 Å². The van der Waals surface area contributed by atoms with Gasteiger partial charge in [0, 0.05) is 5.56 Å². The summed E-state index contributed by atoms with van der Waals surface area (Å²) in [6, 6.07) is 16.4. The number of aryl methyl sites for hydroxylation is 1. The SMILES string of the molecule is IOC1=CCCc2cc(OCc3ccccc3)ccc21. The predicted octanol–water partition coefficient (Wildman–Crippen LogP) is 4.92. The first-order chi connectivity index (χ1) is 9.86. The zero-order valence-electron chi connectivity index (χ0n) is 11.0. The van der Waals surface area contributed by atoms with Crippen LogP contribution in [-0.2, 0) is 16.1 Å². The van der Waals surface area contributed by atoms with E-state index >= 15 is 0 Å². The van der Waals surface area contributed by atoms with Gasteiger partial charge in [0.25, 0.3) is 0 Å². The van der Waals surface area contributed by atoms with Crippen LogP contribution in [0, 0.1) is 0 Å². The largest absolute Gasteiger partial charge is 0.489 e. The first kappa shape index (κ1) is 13.5. The zero-order valence-corrected chi connectivity index (χ0v) is 13.2. The van der Waals surface area contributed by atoms with Crippen LogP contribution in [0.4, 0.5) is 0 Å². The van der Waals surface area contributed by atoms with E-state index in [0.29, 0.717) is 6.61 Å². The van der Waals surface area contributed by atoms with Crippen molar-refractivity contribution in [3.05, 3.63) is 71.3 Å². The molecule has 0 saturated carbocycles. The second-order valence-corrected chi connectivity index (χ2v) is 5.22. The summed E-state index contributed by atoms with van der Waals surface area (Å²) in [5.74, 6) is 1.88. The lowest BCUT2D eigenvalue weighted by molar-refractivity contribution is 0.306. The Morgan fingerprint density at radius 2 is 1.90 bits per heavy atom. The molecule has 2 aromatic rings. The third-order valence-corrected chi connectivity index (χ3v) is 3.89. The fourth-order valence-electron chi connectivity index (χ4n) is 2.39. The first-order valence-electron chi connectivity index (χ1n) is 6.65. The first-order valence-corrected chi connectivity index (χ1v) is 7.53. The minimum atomic E-state index is 0.602. The molecule has 0 heterocycles. The van der Waals surface area contributed by atoms with Crippen molar-refractivity contribution in [2.45, 2.75) is 19.4 Å². The highest BCUT2D eigenvalue weighted by Gasteiger charge is 2.14. The average molecular weight is 378 g/mol. The van der Waals surface area contributed by atoms with Crippen molar-refractivity contribution >= 4 is 28.8 Å². The van der Waals surface area contributed by atoms with Crippen molar-refractivity contribution in [2.24, 2.45) is 0 Å². The highest BCUT2D eigenvalue weighted by molar-refractivity contribution is 14.1. The number of fused-ring (bicyclic) bond motifs is 1. The van der Waals surface area contributed by atoms with Crippen molar-refractivity contribution in [1.82, 2.24) is 0 Å². The summed E-state index contributed by atoms with van der Waals surface area (Å²) >= 11 is 1.94. The van der Waals surface area contributed by atoms with Crippen LogP contribution in [-0.4, -0.2) is 0 Å². The minimum absolute atomic E-state index is 0.602. The van der Waals surface area contributed by atoms with Crippen LogP contribution in [0.15, 0.2) is 54.6 Å². The van der Waals surface area contributed by atoms with E-state index in [1.54, 1.807) is 0 Å². The predicted molar refractivity (Wildman–Crippen MR) is 88.6 cm³/mol. The normalized spacial score (nSPS) is 13.3. The molecule has 1 aliphatic carbocycles. The number of ether oxygens (including phenoxy) is 1. The van der Waals surface area contributed by atoms with Gasteiger partial charge in [0.15, 0.2) is 23.0 Å². The van der Waals surface area contributed by atoms with Gasteiger partial charge in [-0.25, -0.2) is 0 Å². The molecule has 0 fully saturated rings. The summed E-state index contributed by atoms with van der Waals surface area (Å²) in [6.45, 7) is 0.602. The number of halogens is 1. The van der Waals surface area contributed by atoms with Gasteiger partial charge in [0.2, 0.25) is 0 Å². The van der Waals surface area contributed by atoms with E-state index in [1.807, 2.05) is 47.3 Å². The topological polar surface area (TPSA) is 18.5 Å². The highest BCUT2D eigenvalue weighted by Crippen LogP contribution is 2.31. The Kier molecular flexibility index (Phi) is 4.25. The zero-order chi connectivity index (χ0) is 13.8. The second-order valence-electron chi connectivity index (χ2n) is 4.78. The molecule has 0 aliphatic heterocycles. The number of benzene rings is 2. The molecule has 0 atom stereocenters. The summed E-state index contributed by atoms with van der Waals surface area (Å²) in [5.41, 5.74) is 3.66. The van der Waals surface area contributed by atoms with E-state index in [0.717, 1.165) is 24.4 Å². The number of rotatable bonds is 4. The quantitative estimate of drug-likeness (QED) is 0.704. The lowest BCUT2D eigenvalue weighted by atomic mass is 9.96. The Labute approximate surface area is 133 Å². The number of allylic oxidation sites excluding steroid dienone is 1. The molecule has 0 unspecified atom stereocenters. The summed E-state index contributed by atoms with van der Waals surface area (Å²) < 4.78 is 11.2. The van der Waals surface area contributed by atoms with Crippen molar-refractivity contribution in [1.29, 1.82) is 0 Å². The Morgan fingerprint density at radius 1 is 1.05 bits per heavy atom. The molecule has 0 saturated heterocycles. The van der Waals surface area contributed by atoms with Crippen LogP contribution in [0.25, 0.3) is 5.76 Å². The maximum atomic E-state index is 5.86. The van der Waals surface area contributed by atoms with Crippen LogP contribution in [0.3, 0.4) is 0 Å². The van der Waals surface area contributed by atoms with Gasteiger partial charge in [-0.1, -0.05) is 30.3 Å². The fraction of sp³-hybridized carbons (Fsp3) is 0.176. The molecule has 3 rings (SSSR count). The van der Waals surface area contributed by atoms with E-state index < -0.39 is 0 Å². The lowest BCUT2D eigenvalue weighted by Crippen LogP contribution is -2.01. The van der Waals surface area contributed by atoms with Gasteiger partial charge in [-0.15, -0.1) is 0 Å².